The Kier molecular flexibility index (Phi) is 30.5. The number of carbonyl (C=O) groups is 4. The number of nitrogens with zero attached hydrogens (tertiary/aromatic N) is 6. The number of benzene rings is 2. The number of piperazine rings is 2. The second kappa shape index (κ2) is 39.3. The highest BCUT2D eigenvalue weighted by Gasteiger charge is 2.46. The van der Waals surface area contributed by atoms with Crippen molar-refractivity contribution in [1.29, 1.82) is 0 Å². The Morgan fingerprint density at radius 3 is 1.10 bits per heavy atom. The molecule has 41 nitrogen and oxygen atoms in total. The summed E-state index contributed by atoms with van der Waals surface area (Å²) >= 11 is 0. The maximum absolute atomic E-state index is 13.1. The average Bonchev–Trinajstić information content (AvgIpc) is 0.797. The van der Waals surface area contributed by atoms with Crippen LogP contribution in [-0.2, 0) is 18.9 Å². The Balaban J connectivity index is 0.604. The first kappa shape index (κ1) is 80.8. The van der Waals surface area contributed by atoms with Crippen LogP contribution in [0.25, 0.3) is 0 Å². The standard InChI is InChI=1S/C63H91N15O26/c64-37(33-99-62(93)71-11-9-67-46-44(50(83)52(46)85)65-5-1-13-73-17-21-75(22-18-73)15-3-7-69-58(91)35-25-38(77(95)96)29-40(27-35)101-60-56(89)54(87)48(81)42(31-79)103-60)34-100-63(94)72-12-10-68-47-45(51(84)53(47)86)66-6-2-14-74-19-23-76(24-20-74)16-4-8-70-59(92)36-26-39(78(97)98)30-41(28-36)102-61-57(90)55(88)49(82)43(32-80)104-61/h25-30,37,42-43,48-49,54-57,60-61,65-68,79-82,87-90H,1-24,31-34,64H2,(H,69,91)(H,70,92)(H,71,93)(H,72,94). The lowest BCUT2D eigenvalue weighted by Gasteiger charge is -2.39. The second-order valence-corrected chi connectivity index (χ2v) is 25.2. The van der Waals surface area contributed by atoms with E-state index in [2.05, 4.69) is 62.1 Å². The first-order valence-electron chi connectivity index (χ1n) is 34.0. The number of hydrogen-bond acceptors (Lipinski definition) is 35. The molecule has 574 valence electrons. The number of non-ortho nitro benzene ring substituents is 2. The fraction of sp³-hybridized carbons (Fsp3) is 0.619. The molecule has 0 aromatic heterocycles. The molecule has 18 N–H and O–H groups in total. The zero-order chi connectivity index (χ0) is 75.1. The SMILES string of the molecule is NC(COC(=O)NCCNc1c(NCCCN2CCN(CCCNC(=O)c3cc(OC4OC(CO)C(O)C(O)C4O)cc([N+](=O)[O-])c3)CC2)c(=O)c1=O)COC(=O)NCCNc1c(NCCCN2CCN(CCCNC(=O)c3cc(OC4OC(CO)C(O)C(O)C4O)cc([N+](=O)[O-])c3)CC2)c(=O)c1=O. The zero-order valence-corrected chi connectivity index (χ0v) is 56.8. The molecule has 4 aromatic rings. The van der Waals surface area contributed by atoms with E-state index < -0.39 is 148 Å². The van der Waals surface area contributed by atoms with E-state index in [9.17, 15) is 99.4 Å². The Bertz CT molecular complexity index is 3440. The maximum atomic E-state index is 13.1. The van der Waals surface area contributed by atoms with Crippen molar-refractivity contribution in [2.24, 2.45) is 5.73 Å². The van der Waals surface area contributed by atoms with Gasteiger partial charge in [0.05, 0.1) is 41.2 Å². The van der Waals surface area contributed by atoms with Crippen molar-refractivity contribution in [2.45, 2.75) is 93.1 Å². The van der Waals surface area contributed by atoms with Gasteiger partial charge in [-0.25, -0.2) is 9.59 Å². The number of ether oxygens (including phenoxy) is 6. The number of aliphatic hydroxyl groups excluding tert-OH is 8. The van der Waals surface area contributed by atoms with Crippen LogP contribution >= 0.6 is 0 Å². The third-order valence-electron chi connectivity index (χ3n) is 17.7. The number of anilines is 4. The lowest BCUT2D eigenvalue weighted by Crippen LogP contribution is -2.60. The average molecular weight is 1470 g/mol. The van der Waals surface area contributed by atoms with Gasteiger partial charge in [-0.3, -0.25) is 49.0 Å². The fourth-order valence-corrected chi connectivity index (χ4v) is 11.8. The van der Waals surface area contributed by atoms with E-state index in [1.54, 1.807) is 0 Å². The second-order valence-electron chi connectivity index (χ2n) is 25.2. The molecule has 4 aliphatic rings. The summed E-state index contributed by atoms with van der Waals surface area (Å²) in [4.78, 5) is 131. The van der Waals surface area contributed by atoms with Crippen LogP contribution in [0.5, 0.6) is 11.5 Å². The molecule has 0 spiro atoms. The van der Waals surface area contributed by atoms with Crippen LogP contribution in [-0.4, -0.2) is 319 Å². The molecule has 4 aliphatic heterocycles. The number of carbonyl (C=O) groups excluding carboxylic acids is 4. The maximum Gasteiger partial charge on any atom is 0.407 e. The molecule has 0 radical (unpaired) electrons. The molecule has 104 heavy (non-hydrogen) atoms. The molecule has 0 aliphatic carbocycles. The molecule has 0 saturated carbocycles. The third-order valence-corrected chi connectivity index (χ3v) is 17.7. The lowest BCUT2D eigenvalue weighted by atomic mass is 9.99. The fourth-order valence-electron chi connectivity index (χ4n) is 11.8. The van der Waals surface area contributed by atoms with Gasteiger partial charge in [0.1, 0.15) is 96.3 Å². The highest BCUT2D eigenvalue weighted by atomic mass is 16.7. The van der Waals surface area contributed by atoms with Gasteiger partial charge < -0.3 is 137 Å². The summed E-state index contributed by atoms with van der Waals surface area (Å²) in [7, 11) is 0. The van der Waals surface area contributed by atoms with E-state index in [-0.39, 0.29) is 97.9 Å². The Labute approximate surface area is 593 Å². The molecule has 10 atom stereocenters. The number of aliphatic hydroxyl groups is 8. The Morgan fingerprint density at radius 2 is 0.779 bits per heavy atom. The number of nitro benzene ring substituents is 2. The Morgan fingerprint density at radius 1 is 0.462 bits per heavy atom. The van der Waals surface area contributed by atoms with Crippen molar-refractivity contribution in [3.8, 4) is 11.5 Å². The van der Waals surface area contributed by atoms with Gasteiger partial charge in [0.25, 0.3) is 44.9 Å². The van der Waals surface area contributed by atoms with E-state index in [1.807, 2.05) is 0 Å². The molecule has 4 amide bonds. The number of nitro groups is 2. The van der Waals surface area contributed by atoms with Crippen molar-refractivity contribution < 1.29 is 98.3 Å². The smallest absolute Gasteiger partial charge is 0.407 e. The molecule has 0 bridgehead atoms. The quantitative estimate of drug-likeness (QED) is 0.00853. The molecular weight excluding hydrogens is 1380 g/mol. The van der Waals surface area contributed by atoms with Crippen molar-refractivity contribution >= 4 is 58.1 Å². The number of hydrogen-bond donors (Lipinski definition) is 17. The monoisotopic (exact) mass is 1470 g/mol. The van der Waals surface area contributed by atoms with Crippen molar-refractivity contribution in [1.82, 2.24) is 40.9 Å². The van der Waals surface area contributed by atoms with Gasteiger partial charge in [0.2, 0.25) is 12.6 Å². The topological polar surface area (TPSA) is 575 Å². The van der Waals surface area contributed by atoms with Crippen LogP contribution in [0.15, 0.2) is 55.6 Å². The van der Waals surface area contributed by atoms with Gasteiger partial charge in [-0.05, 0) is 64.0 Å². The van der Waals surface area contributed by atoms with Gasteiger partial charge >= 0.3 is 12.2 Å². The summed E-state index contributed by atoms with van der Waals surface area (Å²) in [6.45, 7) is 8.16. The minimum atomic E-state index is -1.77. The summed E-state index contributed by atoms with van der Waals surface area (Å²) in [5.74, 6) is -1.70. The highest BCUT2D eigenvalue weighted by molar-refractivity contribution is 5.96. The predicted molar refractivity (Wildman–Crippen MR) is 367 cm³/mol. The summed E-state index contributed by atoms with van der Waals surface area (Å²) < 4.78 is 31.9. The molecule has 4 aromatic carbocycles. The van der Waals surface area contributed by atoms with Crippen LogP contribution in [0.2, 0.25) is 0 Å². The van der Waals surface area contributed by atoms with Crippen molar-refractivity contribution in [2.75, 3.05) is 179 Å². The van der Waals surface area contributed by atoms with Crippen LogP contribution in [0.4, 0.5) is 43.7 Å². The van der Waals surface area contributed by atoms with E-state index in [1.165, 1.54) is 12.1 Å². The summed E-state index contributed by atoms with van der Waals surface area (Å²) in [6, 6.07) is 5.62. The zero-order valence-electron chi connectivity index (χ0n) is 56.8. The summed E-state index contributed by atoms with van der Waals surface area (Å²) in [5, 5.41) is 125. The summed E-state index contributed by atoms with van der Waals surface area (Å²) in [5.41, 5.74) is 2.52. The lowest BCUT2D eigenvalue weighted by molar-refractivity contribution is -0.385. The largest absolute Gasteiger partial charge is 0.462 e. The minimum Gasteiger partial charge on any atom is -0.462 e. The highest BCUT2D eigenvalue weighted by Crippen LogP contribution is 2.31. The molecule has 41 heteroatoms. The minimum absolute atomic E-state index is 0.00649. The van der Waals surface area contributed by atoms with E-state index in [0.29, 0.717) is 65.0 Å². The summed E-state index contributed by atoms with van der Waals surface area (Å²) in [6.07, 6.45) is -15.4. The van der Waals surface area contributed by atoms with E-state index in [4.69, 9.17) is 34.2 Å². The van der Waals surface area contributed by atoms with Crippen LogP contribution in [0, 0.1) is 20.2 Å². The molecule has 4 heterocycles. The van der Waals surface area contributed by atoms with Crippen molar-refractivity contribution in [3.63, 3.8) is 0 Å². The number of amides is 4. The number of nitrogens with one attached hydrogen (secondary N) is 8. The van der Waals surface area contributed by atoms with Gasteiger partial charge in [0, 0.05) is 128 Å². The third kappa shape index (κ3) is 22.5. The number of rotatable bonds is 40. The van der Waals surface area contributed by atoms with Crippen molar-refractivity contribution in [3.05, 3.63) is 109 Å². The van der Waals surface area contributed by atoms with Crippen LogP contribution in [0.3, 0.4) is 0 Å². The van der Waals surface area contributed by atoms with Crippen LogP contribution in [0.1, 0.15) is 46.4 Å². The molecule has 8 rings (SSSR count). The first-order valence-corrected chi connectivity index (χ1v) is 34.0. The number of alkyl carbamates (subject to hydrolysis) is 2. The van der Waals surface area contributed by atoms with Gasteiger partial charge in [-0.2, -0.15) is 0 Å². The van der Waals surface area contributed by atoms with E-state index >= 15 is 0 Å². The van der Waals surface area contributed by atoms with Crippen LogP contribution < -0.4 is 79.5 Å². The Hall–Kier alpha value is -8.92. The molecular formula is C63H91N15O26. The van der Waals surface area contributed by atoms with Gasteiger partial charge in [-0.1, -0.05) is 0 Å². The van der Waals surface area contributed by atoms with Gasteiger partial charge in [-0.15, -0.1) is 0 Å². The number of nitrogens with two attached hydrogens (primary N) is 1. The first-order chi connectivity index (χ1) is 49.8. The molecule has 4 saturated heterocycles. The van der Waals surface area contributed by atoms with Gasteiger partial charge in [0.15, 0.2) is 0 Å². The van der Waals surface area contributed by atoms with E-state index in [0.717, 1.165) is 76.6 Å². The predicted octanol–water partition coefficient (Wildman–Crippen LogP) is -6.16. The molecule has 10 unspecified atom stereocenters. The molecule has 4 fully saturated rings. The normalized spacial score (nSPS) is 22.9.